The van der Waals surface area contributed by atoms with E-state index in [1.807, 2.05) is 16.8 Å². The van der Waals surface area contributed by atoms with E-state index in [1.165, 1.54) is 6.07 Å². The van der Waals surface area contributed by atoms with Gasteiger partial charge in [-0.3, -0.25) is 14.5 Å². The van der Waals surface area contributed by atoms with Gasteiger partial charge < -0.3 is 15.5 Å². The van der Waals surface area contributed by atoms with E-state index in [-0.39, 0.29) is 30.0 Å². The number of carbonyl (C=O) groups excluding carboxylic acids is 2. The number of anilines is 2. The average molecular weight is 441 g/mol. The molecule has 1 fully saturated rings. The monoisotopic (exact) mass is 440 g/mol. The second-order valence-corrected chi connectivity index (χ2v) is 8.37. The third-order valence-electron chi connectivity index (χ3n) is 6.21. The van der Waals surface area contributed by atoms with Crippen LogP contribution in [-0.4, -0.2) is 64.8 Å². The topological polar surface area (TPSA) is 90.5 Å². The van der Waals surface area contributed by atoms with Gasteiger partial charge in [-0.1, -0.05) is 12.1 Å². The van der Waals surface area contributed by atoms with Crippen LogP contribution in [0.4, 0.5) is 15.9 Å². The largest absolute Gasteiger partial charge is 0.373 e. The predicted octanol–water partition coefficient (Wildman–Crippen LogP) is 2.38. The number of halogens is 1. The SMILES string of the molecule is CNc1nc(C2CCN(C(C)=O)CC2)nc2c1CN(CC(=O)Nc1ccccc1F)CC2. The quantitative estimate of drug-likeness (QED) is 0.742. The number of fused-ring (bicyclic) bond motifs is 1. The van der Waals surface area contributed by atoms with Crippen molar-refractivity contribution in [1.82, 2.24) is 19.8 Å². The lowest BCUT2D eigenvalue weighted by Crippen LogP contribution is -2.39. The molecule has 3 heterocycles. The Labute approximate surface area is 187 Å². The van der Waals surface area contributed by atoms with E-state index >= 15 is 0 Å². The summed E-state index contributed by atoms with van der Waals surface area (Å²) in [6.45, 7) is 4.50. The van der Waals surface area contributed by atoms with Gasteiger partial charge in [0.15, 0.2) is 0 Å². The zero-order chi connectivity index (χ0) is 22.7. The molecule has 170 valence electrons. The van der Waals surface area contributed by atoms with Crippen molar-refractivity contribution in [3.63, 3.8) is 0 Å². The summed E-state index contributed by atoms with van der Waals surface area (Å²) < 4.78 is 13.8. The Morgan fingerprint density at radius 3 is 2.59 bits per heavy atom. The number of nitrogens with zero attached hydrogens (tertiary/aromatic N) is 4. The fraction of sp³-hybridized carbons (Fsp3) is 0.478. The first kappa shape index (κ1) is 22.1. The lowest BCUT2D eigenvalue weighted by molar-refractivity contribution is -0.129. The van der Waals surface area contributed by atoms with E-state index in [0.29, 0.717) is 13.1 Å². The van der Waals surface area contributed by atoms with Crippen molar-refractivity contribution in [1.29, 1.82) is 0 Å². The number of benzene rings is 1. The van der Waals surface area contributed by atoms with Crippen molar-refractivity contribution in [2.24, 2.45) is 0 Å². The van der Waals surface area contributed by atoms with Crippen LogP contribution >= 0.6 is 0 Å². The molecule has 8 nitrogen and oxygen atoms in total. The number of carbonyl (C=O) groups is 2. The van der Waals surface area contributed by atoms with Crippen LogP contribution < -0.4 is 10.6 Å². The summed E-state index contributed by atoms with van der Waals surface area (Å²) in [5, 5.41) is 5.83. The van der Waals surface area contributed by atoms with Crippen molar-refractivity contribution in [3.05, 3.63) is 47.2 Å². The molecule has 4 rings (SSSR count). The summed E-state index contributed by atoms with van der Waals surface area (Å²) in [5.74, 6) is 1.29. The van der Waals surface area contributed by atoms with Gasteiger partial charge in [0.2, 0.25) is 11.8 Å². The highest BCUT2D eigenvalue weighted by atomic mass is 19.1. The molecule has 2 N–H and O–H groups in total. The maximum absolute atomic E-state index is 13.8. The number of piperidine rings is 1. The van der Waals surface area contributed by atoms with Crippen LogP contribution in [0.25, 0.3) is 0 Å². The van der Waals surface area contributed by atoms with E-state index in [4.69, 9.17) is 9.97 Å². The minimum Gasteiger partial charge on any atom is -0.373 e. The summed E-state index contributed by atoms with van der Waals surface area (Å²) in [7, 11) is 1.84. The smallest absolute Gasteiger partial charge is 0.238 e. The molecular weight excluding hydrogens is 411 g/mol. The van der Waals surface area contributed by atoms with E-state index < -0.39 is 5.82 Å². The molecule has 2 aliphatic rings. The highest BCUT2D eigenvalue weighted by Crippen LogP contribution is 2.30. The molecule has 0 aliphatic carbocycles. The van der Waals surface area contributed by atoms with Gasteiger partial charge in [0.05, 0.1) is 17.9 Å². The molecule has 0 bridgehead atoms. The number of hydrogen-bond acceptors (Lipinski definition) is 6. The van der Waals surface area contributed by atoms with Crippen LogP contribution in [0.15, 0.2) is 24.3 Å². The Hall–Kier alpha value is -3.07. The molecule has 0 radical (unpaired) electrons. The third kappa shape index (κ3) is 4.88. The molecule has 1 aromatic heterocycles. The summed E-state index contributed by atoms with van der Waals surface area (Å²) in [6.07, 6.45) is 2.45. The van der Waals surface area contributed by atoms with Gasteiger partial charge in [0, 0.05) is 58.1 Å². The Morgan fingerprint density at radius 1 is 1.16 bits per heavy atom. The van der Waals surface area contributed by atoms with Gasteiger partial charge in [-0.25, -0.2) is 14.4 Å². The minimum atomic E-state index is -0.447. The number of nitrogens with one attached hydrogen (secondary N) is 2. The molecular formula is C23H29FN6O2. The van der Waals surface area contributed by atoms with Crippen molar-refractivity contribution in [2.75, 3.05) is 43.9 Å². The van der Waals surface area contributed by atoms with Crippen LogP contribution in [-0.2, 0) is 22.6 Å². The van der Waals surface area contributed by atoms with Crippen LogP contribution in [0.2, 0.25) is 0 Å². The van der Waals surface area contributed by atoms with Crippen molar-refractivity contribution < 1.29 is 14.0 Å². The second-order valence-electron chi connectivity index (χ2n) is 8.37. The molecule has 2 aliphatic heterocycles. The Balaban J connectivity index is 1.42. The standard InChI is InChI=1S/C23H29FN6O2/c1-15(31)30-11-7-16(8-12-30)22-27-19-9-10-29(13-17(19)23(25-2)28-22)14-21(32)26-20-6-4-3-5-18(20)24/h3-6,16H,7-14H2,1-2H3,(H,26,32)(H,25,27,28). The molecule has 1 aromatic carbocycles. The van der Waals surface area contributed by atoms with Crippen LogP contribution in [0.1, 0.15) is 42.8 Å². The summed E-state index contributed by atoms with van der Waals surface area (Å²) in [6, 6.07) is 6.15. The molecule has 2 amide bonds. The average Bonchev–Trinajstić information content (AvgIpc) is 2.80. The molecule has 0 saturated carbocycles. The minimum absolute atomic E-state index is 0.116. The molecule has 2 aromatic rings. The highest BCUT2D eigenvalue weighted by Gasteiger charge is 2.28. The van der Waals surface area contributed by atoms with Gasteiger partial charge >= 0.3 is 0 Å². The fourth-order valence-electron chi connectivity index (χ4n) is 4.42. The normalized spacial score (nSPS) is 17.0. The van der Waals surface area contributed by atoms with Crippen molar-refractivity contribution in [2.45, 2.75) is 38.6 Å². The Kier molecular flexibility index (Phi) is 6.64. The number of aromatic nitrogens is 2. The van der Waals surface area contributed by atoms with Crippen LogP contribution in [0.3, 0.4) is 0 Å². The number of likely N-dealkylation sites (tertiary alicyclic amines) is 1. The third-order valence-corrected chi connectivity index (χ3v) is 6.21. The van der Waals surface area contributed by atoms with Crippen LogP contribution in [0.5, 0.6) is 0 Å². The molecule has 32 heavy (non-hydrogen) atoms. The molecule has 0 unspecified atom stereocenters. The lowest BCUT2D eigenvalue weighted by atomic mass is 9.95. The number of para-hydroxylation sites is 1. The van der Waals surface area contributed by atoms with E-state index in [1.54, 1.807) is 25.1 Å². The van der Waals surface area contributed by atoms with E-state index in [0.717, 1.165) is 55.3 Å². The first-order valence-corrected chi connectivity index (χ1v) is 11.0. The fourth-order valence-corrected chi connectivity index (χ4v) is 4.42. The molecule has 0 atom stereocenters. The van der Waals surface area contributed by atoms with Gasteiger partial charge in [-0.15, -0.1) is 0 Å². The number of amides is 2. The zero-order valence-corrected chi connectivity index (χ0v) is 18.5. The predicted molar refractivity (Wildman–Crippen MR) is 120 cm³/mol. The molecule has 0 spiro atoms. The van der Waals surface area contributed by atoms with Gasteiger partial charge in [-0.05, 0) is 25.0 Å². The zero-order valence-electron chi connectivity index (χ0n) is 18.5. The van der Waals surface area contributed by atoms with Crippen LogP contribution in [0, 0.1) is 5.82 Å². The molecule has 9 heteroatoms. The lowest BCUT2D eigenvalue weighted by Gasteiger charge is -2.32. The Morgan fingerprint density at radius 2 is 1.91 bits per heavy atom. The first-order chi connectivity index (χ1) is 15.4. The van der Waals surface area contributed by atoms with E-state index in [2.05, 4.69) is 10.6 Å². The first-order valence-electron chi connectivity index (χ1n) is 11.0. The number of hydrogen-bond donors (Lipinski definition) is 2. The second kappa shape index (κ2) is 9.60. The summed E-state index contributed by atoms with van der Waals surface area (Å²) >= 11 is 0. The highest BCUT2D eigenvalue weighted by molar-refractivity contribution is 5.92. The van der Waals surface area contributed by atoms with Gasteiger partial charge in [0.25, 0.3) is 0 Å². The van der Waals surface area contributed by atoms with Gasteiger partial charge in [0.1, 0.15) is 17.5 Å². The van der Waals surface area contributed by atoms with Crippen molar-refractivity contribution >= 4 is 23.3 Å². The van der Waals surface area contributed by atoms with Crippen molar-refractivity contribution in [3.8, 4) is 0 Å². The maximum atomic E-state index is 13.8. The summed E-state index contributed by atoms with van der Waals surface area (Å²) in [5.41, 5.74) is 2.20. The Bertz CT molecular complexity index is 989. The number of rotatable bonds is 5. The summed E-state index contributed by atoms with van der Waals surface area (Å²) in [4.78, 5) is 37.6. The van der Waals surface area contributed by atoms with E-state index in [9.17, 15) is 14.0 Å². The maximum Gasteiger partial charge on any atom is 0.238 e. The molecule has 1 saturated heterocycles. The van der Waals surface area contributed by atoms with Gasteiger partial charge in [-0.2, -0.15) is 0 Å².